The van der Waals surface area contributed by atoms with Gasteiger partial charge in [0.15, 0.2) is 0 Å². The number of carbonyl (C=O) groups excluding carboxylic acids is 2. The molecular weight excluding hydrogens is 272 g/mol. The molecule has 6 nitrogen and oxygen atoms in total. The topological polar surface area (TPSA) is 95.5 Å². The summed E-state index contributed by atoms with van der Waals surface area (Å²) in [6.07, 6.45) is 1.91. The van der Waals surface area contributed by atoms with Crippen molar-refractivity contribution in [1.82, 2.24) is 5.32 Å². The average molecular weight is 290 g/mol. The first kappa shape index (κ1) is 15.0. The normalized spacial score (nSPS) is 15.1. The number of hydrogen-bond acceptors (Lipinski definition) is 3. The van der Waals surface area contributed by atoms with Gasteiger partial charge in [-0.1, -0.05) is 12.1 Å². The summed E-state index contributed by atoms with van der Waals surface area (Å²) in [5.74, 6) is -2.53. The van der Waals surface area contributed by atoms with Gasteiger partial charge < -0.3 is 15.7 Å². The van der Waals surface area contributed by atoms with Gasteiger partial charge in [-0.25, -0.2) is 0 Å². The molecule has 0 aromatic heterocycles. The molecule has 0 radical (unpaired) electrons. The molecule has 0 heterocycles. The van der Waals surface area contributed by atoms with Crippen LogP contribution in [0, 0.1) is 11.8 Å². The first-order chi connectivity index (χ1) is 9.97. The molecule has 0 spiro atoms. The summed E-state index contributed by atoms with van der Waals surface area (Å²) in [6, 6.07) is 7.10. The lowest BCUT2D eigenvalue weighted by Gasteiger charge is -2.09. The lowest BCUT2D eigenvalue weighted by Crippen LogP contribution is -2.33. The Bertz CT molecular complexity index is 549. The molecule has 1 aromatic rings. The van der Waals surface area contributed by atoms with E-state index >= 15 is 0 Å². The van der Waals surface area contributed by atoms with Crippen LogP contribution in [0.5, 0.6) is 0 Å². The highest BCUT2D eigenvalue weighted by Crippen LogP contribution is 2.30. The Morgan fingerprint density at radius 3 is 2.38 bits per heavy atom. The molecule has 6 heteroatoms. The molecule has 1 aromatic carbocycles. The van der Waals surface area contributed by atoms with Gasteiger partial charge in [-0.3, -0.25) is 14.4 Å². The molecule has 0 saturated heterocycles. The third-order valence-electron chi connectivity index (χ3n) is 3.40. The number of amides is 2. The molecule has 21 heavy (non-hydrogen) atoms. The van der Waals surface area contributed by atoms with Crippen LogP contribution in [-0.2, 0) is 20.9 Å². The summed E-state index contributed by atoms with van der Waals surface area (Å²) in [5, 5.41) is 14.1. The summed E-state index contributed by atoms with van der Waals surface area (Å²) in [6.45, 7) is 1.60. The van der Waals surface area contributed by atoms with E-state index in [-0.39, 0.29) is 18.4 Å². The summed E-state index contributed by atoms with van der Waals surface area (Å²) < 4.78 is 0. The number of hydrogen-bond donors (Lipinski definition) is 3. The molecule has 1 aliphatic rings. The van der Waals surface area contributed by atoms with E-state index in [4.69, 9.17) is 5.11 Å². The smallest absolute Gasteiger partial charge is 0.315 e. The highest BCUT2D eigenvalue weighted by atomic mass is 16.4. The Kier molecular flexibility index (Phi) is 4.57. The second kappa shape index (κ2) is 6.39. The third-order valence-corrected chi connectivity index (χ3v) is 3.40. The van der Waals surface area contributed by atoms with E-state index in [0.29, 0.717) is 0 Å². The van der Waals surface area contributed by atoms with Crippen LogP contribution in [0.4, 0.5) is 5.69 Å². The summed E-state index contributed by atoms with van der Waals surface area (Å²) in [4.78, 5) is 33.8. The Morgan fingerprint density at radius 1 is 1.24 bits per heavy atom. The molecule has 0 aliphatic heterocycles. The van der Waals surface area contributed by atoms with Gasteiger partial charge in [0, 0.05) is 18.2 Å². The molecule has 1 unspecified atom stereocenters. The molecule has 1 atom stereocenters. The summed E-state index contributed by atoms with van der Waals surface area (Å²) >= 11 is 0. The van der Waals surface area contributed by atoms with Crippen molar-refractivity contribution < 1.29 is 19.5 Å². The van der Waals surface area contributed by atoms with Crippen molar-refractivity contribution in [2.24, 2.45) is 11.8 Å². The summed E-state index contributed by atoms with van der Waals surface area (Å²) in [7, 11) is 0. The van der Waals surface area contributed by atoms with E-state index in [9.17, 15) is 14.4 Å². The van der Waals surface area contributed by atoms with Crippen molar-refractivity contribution in [3.05, 3.63) is 29.8 Å². The Morgan fingerprint density at radius 2 is 1.86 bits per heavy atom. The largest absolute Gasteiger partial charge is 0.481 e. The van der Waals surface area contributed by atoms with Crippen molar-refractivity contribution >= 4 is 23.5 Å². The fraction of sp³-hybridized carbons (Fsp3) is 0.400. The van der Waals surface area contributed by atoms with Gasteiger partial charge in [0.05, 0.1) is 0 Å². The molecule has 1 fully saturated rings. The molecule has 0 bridgehead atoms. The van der Waals surface area contributed by atoms with Crippen LogP contribution in [-0.4, -0.2) is 22.9 Å². The van der Waals surface area contributed by atoms with Crippen LogP contribution in [0.25, 0.3) is 0 Å². The number of carboxylic acids is 1. The number of benzene rings is 1. The summed E-state index contributed by atoms with van der Waals surface area (Å²) in [5.41, 5.74) is 1.56. The van der Waals surface area contributed by atoms with Gasteiger partial charge in [0.25, 0.3) is 0 Å². The third kappa shape index (κ3) is 4.30. The van der Waals surface area contributed by atoms with Crippen LogP contribution in [0.3, 0.4) is 0 Å². The van der Waals surface area contributed by atoms with Gasteiger partial charge >= 0.3 is 5.97 Å². The predicted molar refractivity (Wildman–Crippen MR) is 76.4 cm³/mol. The van der Waals surface area contributed by atoms with E-state index in [1.807, 2.05) is 0 Å². The number of carbonyl (C=O) groups is 3. The van der Waals surface area contributed by atoms with Gasteiger partial charge in [-0.15, -0.1) is 0 Å². The Hall–Kier alpha value is -2.37. The van der Waals surface area contributed by atoms with E-state index < -0.39 is 17.8 Å². The quantitative estimate of drug-likeness (QED) is 0.689. The monoisotopic (exact) mass is 290 g/mol. The van der Waals surface area contributed by atoms with Gasteiger partial charge in [0.1, 0.15) is 5.92 Å². The Labute approximate surface area is 122 Å². The Balaban J connectivity index is 1.83. The molecule has 112 valence electrons. The minimum atomic E-state index is -1.15. The second-order valence-corrected chi connectivity index (χ2v) is 5.24. The molecule has 1 saturated carbocycles. The van der Waals surface area contributed by atoms with Crippen LogP contribution in [0.15, 0.2) is 24.3 Å². The van der Waals surface area contributed by atoms with Gasteiger partial charge in [-0.05, 0) is 37.5 Å². The second-order valence-electron chi connectivity index (χ2n) is 5.24. The highest BCUT2D eigenvalue weighted by Gasteiger charge is 2.29. The van der Waals surface area contributed by atoms with E-state index in [2.05, 4.69) is 10.6 Å². The molecule has 3 N–H and O–H groups in total. The minimum absolute atomic E-state index is 0.0475. The number of rotatable bonds is 6. The van der Waals surface area contributed by atoms with E-state index in [1.54, 1.807) is 24.3 Å². The maximum absolute atomic E-state index is 11.6. The van der Waals surface area contributed by atoms with Gasteiger partial charge in [0.2, 0.25) is 11.8 Å². The zero-order valence-corrected chi connectivity index (χ0v) is 11.8. The van der Waals surface area contributed by atoms with Crippen molar-refractivity contribution in [3.8, 4) is 0 Å². The number of nitrogens with one attached hydrogen (secondary N) is 2. The zero-order valence-electron chi connectivity index (χ0n) is 11.8. The first-order valence-electron chi connectivity index (χ1n) is 6.87. The highest BCUT2D eigenvalue weighted by molar-refractivity contribution is 5.96. The first-order valence-corrected chi connectivity index (χ1v) is 6.87. The number of carboxylic acid groups (broad SMARTS) is 1. The number of anilines is 1. The molecular formula is C15H18N2O4. The molecule has 2 amide bonds. The fourth-order valence-corrected chi connectivity index (χ4v) is 1.75. The van der Waals surface area contributed by atoms with E-state index in [1.165, 1.54) is 6.92 Å². The SMILES string of the molecule is CC(C(=O)O)C(=O)NCc1ccc(NC(=O)C2CC2)cc1. The lowest BCUT2D eigenvalue weighted by molar-refractivity contribution is -0.146. The van der Waals surface area contributed by atoms with E-state index in [0.717, 1.165) is 24.1 Å². The van der Waals surface area contributed by atoms with Crippen molar-refractivity contribution in [1.29, 1.82) is 0 Å². The van der Waals surface area contributed by atoms with Crippen molar-refractivity contribution in [2.45, 2.75) is 26.3 Å². The minimum Gasteiger partial charge on any atom is -0.481 e. The van der Waals surface area contributed by atoms with Crippen LogP contribution in [0.2, 0.25) is 0 Å². The lowest BCUT2D eigenvalue weighted by atomic mass is 10.1. The maximum atomic E-state index is 11.6. The number of aliphatic carboxylic acids is 1. The van der Waals surface area contributed by atoms with Gasteiger partial charge in [-0.2, -0.15) is 0 Å². The molecule has 2 rings (SSSR count). The fourth-order valence-electron chi connectivity index (χ4n) is 1.75. The van der Waals surface area contributed by atoms with Crippen LogP contribution >= 0.6 is 0 Å². The van der Waals surface area contributed by atoms with Crippen molar-refractivity contribution in [2.75, 3.05) is 5.32 Å². The van der Waals surface area contributed by atoms with Crippen LogP contribution < -0.4 is 10.6 Å². The predicted octanol–water partition coefficient (Wildman–Crippen LogP) is 1.37. The standard InChI is InChI=1S/C15H18N2O4/c1-9(15(20)21)13(18)16-8-10-2-6-12(7-3-10)17-14(19)11-4-5-11/h2-3,6-7,9,11H,4-5,8H2,1H3,(H,16,18)(H,17,19)(H,20,21). The average Bonchev–Trinajstić information content (AvgIpc) is 3.29. The van der Waals surface area contributed by atoms with Crippen molar-refractivity contribution in [3.63, 3.8) is 0 Å². The molecule has 1 aliphatic carbocycles. The zero-order chi connectivity index (χ0) is 15.4. The van der Waals surface area contributed by atoms with Crippen LogP contribution in [0.1, 0.15) is 25.3 Å². The maximum Gasteiger partial charge on any atom is 0.315 e.